The Morgan fingerprint density at radius 1 is 1.53 bits per heavy atom. The summed E-state index contributed by atoms with van der Waals surface area (Å²) in [7, 11) is 0. The van der Waals surface area contributed by atoms with Crippen LogP contribution in [0.4, 0.5) is 5.82 Å². The summed E-state index contributed by atoms with van der Waals surface area (Å²) >= 11 is 4.81. The zero-order valence-corrected chi connectivity index (χ0v) is 10.8. The van der Waals surface area contributed by atoms with Gasteiger partial charge in [0.15, 0.2) is 5.82 Å². The summed E-state index contributed by atoms with van der Waals surface area (Å²) < 4.78 is 0.713. The fraction of sp³-hybridized carbons (Fsp3) is 0.500. The summed E-state index contributed by atoms with van der Waals surface area (Å²) in [5, 5.41) is 10.2. The van der Waals surface area contributed by atoms with E-state index in [-0.39, 0.29) is 5.25 Å². The van der Waals surface area contributed by atoms with Gasteiger partial charge >= 0.3 is 0 Å². The van der Waals surface area contributed by atoms with Crippen molar-refractivity contribution < 1.29 is 5.11 Å². The first-order valence-corrected chi connectivity index (χ1v) is 6.05. The average Bonchev–Trinajstić information content (AvgIpc) is 2.21. The third kappa shape index (κ3) is 3.30. The van der Waals surface area contributed by atoms with E-state index in [9.17, 15) is 5.11 Å². The van der Waals surface area contributed by atoms with Crippen molar-refractivity contribution in [3.8, 4) is 0 Å². The van der Waals surface area contributed by atoms with Gasteiger partial charge < -0.3 is 10.5 Å². The van der Waals surface area contributed by atoms with Crippen LogP contribution in [0.5, 0.6) is 0 Å². The molecule has 4 N–H and O–H groups in total. The molecule has 0 spiro atoms. The van der Waals surface area contributed by atoms with Crippen LogP contribution in [0, 0.1) is 0 Å². The van der Waals surface area contributed by atoms with Gasteiger partial charge in [0.2, 0.25) is 0 Å². The molecule has 7 heteroatoms. The monoisotopic (exact) mass is 292 g/mol. The molecule has 0 aliphatic carbocycles. The van der Waals surface area contributed by atoms with Gasteiger partial charge in [-0.1, -0.05) is 18.7 Å². The number of nitrogens with zero attached hydrogens (tertiary/aromatic N) is 2. The largest absolute Gasteiger partial charge is 0.392 e. The number of hydrazine groups is 1. The number of hydrogen-bond donors (Lipinski definition) is 3. The number of nitrogen functional groups attached to an aromatic ring is 1. The van der Waals surface area contributed by atoms with Crippen LogP contribution in [0.25, 0.3) is 0 Å². The number of thioether (sulfide) groups is 1. The second-order valence-electron chi connectivity index (χ2n) is 3.05. The summed E-state index contributed by atoms with van der Waals surface area (Å²) in [6.07, 6.45) is 1.03. The first kappa shape index (κ1) is 12.7. The van der Waals surface area contributed by atoms with Gasteiger partial charge in [0.25, 0.3) is 0 Å². The first-order valence-electron chi connectivity index (χ1n) is 4.38. The lowest BCUT2D eigenvalue weighted by atomic mass is 10.3. The zero-order valence-electron chi connectivity index (χ0n) is 8.44. The Balaban J connectivity index is 2.86. The maximum Gasteiger partial charge on any atom is 0.158 e. The van der Waals surface area contributed by atoms with Crippen molar-refractivity contribution in [3.63, 3.8) is 0 Å². The van der Waals surface area contributed by atoms with Crippen molar-refractivity contribution >= 4 is 33.5 Å². The molecular weight excluding hydrogens is 280 g/mol. The molecule has 0 bridgehead atoms. The number of hydrogen-bond acceptors (Lipinski definition) is 6. The van der Waals surface area contributed by atoms with E-state index in [0.29, 0.717) is 10.3 Å². The highest BCUT2D eigenvalue weighted by Gasteiger charge is 2.15. The minimum Gasteiger partial charge on any atom is -0.392 e. The third-order valence-electron chi connectivity index (χ3n) is 1.87. The number of halogens is 1. The first-order chi connectivity index (χ1) is 7.06. The highest BCUT2D eigenvalue weighted by molar-refractivity contribution is 9.10. The van der Waals surface area contributed by atoms with Crippen LogP contribution >= 0.6 is 27.7 Å². The highest BCUT2D eigenvalue weighted by atomic mass is 79.9. The van der Waals surface area contributed by atoms with Crippen molar-refractivity contribution in [2.45, 2.75) is 30.2 Å². The predicted octanol–water partition coefficient (Wildman–Crippen LogP) is 1.39. The molecule has 2 unspecified atom stereocenters. The summed E-state index contributed by atoms with van der Waals surface area (Å²) in [6, 6.07) is 0. The molecule has 1 aromatic rings. The molecule has 0 fully saturated rings. The second kappa shape index (κ2) is 5.64. The number of nitrogens with one attached hydrogen (secondary N) is 1. The molecule has 1 aromatic heterocycles. The third-order valence-corrected chi connectivity index (χ3v) is 4.18. The lowest BCUT2D eigenvalue weighted by Crippen LogP contribution is -2.16. The number of aliphatic hydroxyl groups is 1. The Hall–Kier alpha value is -0.370. The second-order valence-corrected chi connectivity index (χ2v) is 5.21. The van der Waals surface area contributed by atoms with E-state index in [1.807, 2.05) is 6.92 Å². The Kier molecular flexibility index (Phi) is 4.78. The minimum atomic E-state index is -0.397. The Morgan fingerprint density at radius 2 is 2.20 bits per heavy atom. The highest BCUT2D eigenvalue weighted by Crippen LogP contribution is 2.32. The Bertz CT molecular complexity index is 336. The standard InChI is InChI=1S/C8H13BrN4OS/c1-4(14)5(2)15-8-6(9)7(13-10)11-3-12-8/h3-5,14H,10H2,1-2H3,(H,11,12,13). The summed E-state index contributed by atoms with van der Waals surface area (Å²) in [5.41, 5.74) is 2.46. The lowest BCUT2D eigenvalue weighted by molar-refractivity contribution is 0.196. The van der Waals surface area contributed by atoms with E-state index in [0.717, 1.165) is 5.03 Å². The quantitative estimate of drug-likeness (QED) is 0.337. The van der Waals surface area contributed by atoms with Gasteiger partial charge in [0.05, 0.1) is 10.6 Å². The molecule has 1 rings (SSSR count). The molecule has 0 aliphatic heterocycles. The van der Waals surface area contributed by atoms with Gasteiger partial charge in [-0.2, -0.15) is 0 Å². The van der Waals surface area contributed by atoms with Gasteiger partial charge in [0, 0.05) is 5.25 Å². The van der Waals surface area contributed by atoms with Gasteiger partial charge in [-0.15, -0.1) is 0 Å². The van der Waals surface area contributed by atoms with Gasteiger partial charge in [-0.05, 0) is 22.9 Å². The van der Waals surface area contributed by atoms with Gasteiger partial charge in [-0.25, -0.2) is 15.8 Å². The minimum absolute atomic E-state index is 0.0572. The molecule has 2 atom stereocenters. The topological polar surface area (TPSA) is 84.1 Å². The van der Waals surface area contributed by atoms with Crippen molar-refractivity contribution in [2.24, 2.45) is 5.84 Å². The fourth-order valence-corrected chi connectivity index (χ4v) is 2.27. The molecule has 0 amide bonds. The SMILES string of the molecule is CC(O)C(C)Sc1ncnc(NN)c1Br. The maximum absolute atomic E-state index is 9.38. The van der Waals surface area contributed by atoms with E-state index in [4.69, 9.17) is 5.84 Å². The number of aliphatic hydroxyl groups excluding tert-OH is 1. The van der Waals surface area contributed by atoms with Gasteiger partial charge in [-0.3, -0.25) is 0 Å². The molecular formula is C8H13BrN4OS. The summed E-state index contributed by atoms with van der Waals surface area (Å²) in [5.74, 6) is 5.81. The van der Waals surface area contributed by atoms with Crippen molar-refractivity contribution in [3.05, 3.63) is 10.8 Å². The number of nitrogens with two attached hydrogens (primary N) is 1. The normalized spacial score (nSPS) is 14.7. The smallest absolute Gasteiger partial charge is 0.158 e. The fourth-order valence-electron chi connectivity index (χ4n) is 0.811. The predicted molar refractivity (Wildman–Crippen MR) is 64.5 cm³/mol. The number of rotatable bonds is 4. The molecule has 1 heterocycles. The van der Waals surface area contributed by atoms with Crippen LogP contribution < -0.4 is 11.3 Å². The van der Waals surface area contributed by atoms with Crippen LogP contribution in [0.15, 0.2) is 15.8 Å². The molecule has 0 aromatic carbocycles. The summed E-state index contributed by atoms with van der Waals surface area (Å²) in [4.78, 5) is 8.05. The molecule has 0 saturated heterocycles. The van der Waals surface area contributed by atoms with Crippen molar-refractivity contribution in [1.82, 2.24) is 9.97 Å². The van der Waals surface area contributed by atoms with E-state index in [1.54, 1.807) is 6.92 Å². The van der Waals surface area contributed by atoms with E-state index in [2.05, 4.69) is 31.3 Å². The molecule has 0 radical (unpaired) electrons. The molecule has 0 saturated carbocycles. The van der Waals surface area contributed by atoms with E-state index < -0.39 is 6.10 Å². The summed E-state index contributed by atoms with van der Waals surface area (Å²) in [6.45, 7) is 3.67. The number of anilines is 1. The molecule has 15 heavy (non-hydrogen) atoms. The molecule has 84 valence electrons. The lowest BCUT2D eigenvalue weighted by Gasteiger charge is -2.14. The molecule has 5 nitrogen and oxygen atoms in total. The molecule has 0 aliphatic rings. The van der Waals surface area contributed by atoms with Crippen LogP contribution in [-0.4, -0.2) is 26.4 Å². The average molecular weight is 293 g/mol. The van der Waals surface area contributed by atoms with Crippen LogP contribution in [0.3, 0.4) is 0 Å². The van der Waals surface area contributed by atoms with E-state index in [1.165, 1.54) is 18.1 Å². The van der Waals surface area contributed by atoms with Crippen LogP contribution in [0.2, 0.25) is 0 Å². The Morgan fingerprint density at radius 3 is 2.73 bits per heavy atom. The maximum atomic E-state index is 9.38. The van der Waals surface area contributed by atoms with Crippen LogP contribution in [0.1, 0.15) is 13.8 Å². The van der Waals surface area contributed by atoms with Gasteiger partial charge in [0.1, 0.15) is 11.4 Å². The Labute approximate surface area is 101 Å². The van der Waals surface area contributed by atoms with Crippen LogP contribution in [-0.2, 0) is 0 Å². The number of aromatic nitrogens is 2. The van der Waals surface area contributed by atoms with Crippen molar-refractivity contribution in [1.29, 1.82) is 0 Å². The van der Waals surface area contributed by atoms with Crippen molar-refractivity contribution in [2.75, 3.05) is 5.43 Å². The van der Waals surface area contributed by atoms with E-state index >= 15 is 0 Å². The zero-order chi connectivity index (χ0) is 11.4.